The van der Waals surface area contributed by atoms with Crippen molar-refractivity contribution in [3.8, 4) is 5.75 Å². The van der Waals surface area contributed by atoms with Crippen LogP contribution < -0.4 is 10.1 Å². The number of para-hydroxylation sites is 2. The first kappa shape index (κ1) is 13.8. The maximum atomic E-state index is 12.3. The van der Waals surface area contributed by atoms with Gasteiger partial charge in [0.05, 0.1) is 5.69 Å². The standard InChI is InChI=1S/C14H16F3NO/c15-14(16,17)19-13-9-5-4-8-12(13)18-10-11-6-2-1-3-7-11/h1-2,4-5,8-9,11,18H,3,6-7,10H2. The second-order valence-corrected chi connectivity index (χ2v) is 4.58. The zero-order valence-electron chi connectivity index (χ0n) is 10.4. The average molecular weight is 271 g/mol. The molecule has 0 saturated carbocycles. The number of halogens is 3. The maximum Gasteiger partial charge on any atom is 0.573 e. The van der Waals surface area contributed by atoms with Gasteiger partial charge < -0.3 is 10.1 Å². The van der Waals surface area contributed by atoms with Crippen LogP contribution in [0, 0.1) is 5.92 Å². The molecule has 1 N–H and O–H groups in total. The van der Waals surface area contributed by atoms with Crippen LogP contribution in [0.15, 0.2) is 36.4 Å². The molecule has 0 fully saturated rings. The topological polar surface area (TPSA) is 21.3 Å². The van der Waals surface area contributed by atoms with Crippen molar-refractivity contribution in [2.45, 2.75) is 25.6 Å². The van der Waals surface area contributed by atoms with Crippen LogP contribution in [0.25, 0.3) is 0 Å². The lowest BCUT2D eigenvalue weighted by atomic mass is 9.94. The minimum atomic E-state index is -4.66. The Morgan fingerprint density at radius 2 is 2.00 bits per heavy atom. The highest BCUT2D eigenvalue weighted by Gasteiger charge is 2.32. The molecule has 2 nitrogen and oxygen atoms in total. The summed E-state index contributed by atoms with van der Waals surface area (Å²) in [5.41, 5.74) is 0.384. The molecule has 0 heterocycles. The van der Waals surface area contributed by atoms with Gasteiger partial charge in [-0.3, -0.25) is 0 Å². The van der Waals surface area contributed by atoms with Crippen molar-refractivity contribution in [1.82, 2.24) is 0 Å². The first-order chi connectivity index (χ1) is 9.04. The molecule has 5 heteroatoms. The van der Waals surface area contributed by atoms with Crippen molar-refractivity contribution in [3.05, 3.63) is 36.4 Å². The molecule has 104 valence electrons. The summed E-state index contributed by atoms with van der Waals surface area (Å²) in [5.74, 6) is 0.283. The maximum absolute atomic E-state index is 12.3. The van der Waals surface area contributed by atoms with Crippen LogP contribution in [-0.2, 0) is 0 Å². The molecule has 2 rings (SSSR count). The predicted molar refractivity (Wildman–Crippen MR) is 68.1 cm³/mol. The molecule has 19 heavy (non-hydrogen) atoms. The smallest absolute Gasteiger partial charge is 0.404 e. The van der Waals surface area contributed by atoms with Gasteiger partial charge in [-0.1, -0.05) is 24.3 Å². The second-order valence-electron chi connectivity index (χ2n) is 4.58. The summed E-state index contributed by atoms with van der Waals surface area (Å²) in [4.78, 5) is 0. The summed E-state index contributed by atoms with van der Waals surface area (Å²) in [5, 5.41) is 3.05. The lowest BCUT2D eigenvalue weighted by molar-refractivity contribution is -0.274. The molecule has 0 spiro atoms. The number of benzene rings is 1. The van der Waals surface area contributed by atoms with Crippen LogP contribution in [0.2, 0.25) is 0 Å². The monoisotopic (exact) mass is 271 g/mol. The van der Waals surface area contributed by atoms with Gasteiger partial charge in [-0.2, -0.15) is 0 Å². The lowest BCUT2D eigenvalue weighted by Gasteiger charge is -2.20. The largest absolute Gasteiger partial charge is 0.573 e. The highest BCUT2D eigenvalue weighted by Crippen LogP contribution is 2.30. The van der Waals surface area contributed by atoms with E-state index in [2.05, 4.69) is 22.2 Å². The predicted octanol–water partition coefficient (Wildman–Crippen LogP) is 4.35. The third-order valence-corrected chi connectivity index (χ3v) is 3.07. The Balaban J connectivity index is 1.97. The molecular weight excluding hydrogens is 255 g/mol. The Labute approximate surface area is 110 Å². The number of allylic oxidation sites excluding steroid dienone is 2. The van der Waals surface area contributed by atoms with E-state index in [0.29, 0.717) is 18.2 Å². The van der Waals surface area contributed by atoms with Crippen molar-refractivity contribution >= 4 is 5.69 Å². The van der Waals surface area contributed by atoms with Crippen molar-refractivity contribution in [2.75, 3.05) is 11.9 Å². The van der Waals surface area contributed by atoms with Gasteiger partial charge in [-0.15, -0.1) is 13.2 Å². The quantitative estimate of drug-likeness (QED) is 0.822. The van der Waals surface area contributed by atoms with E-state index in [1.165, 1.54) is 12.1 Å². The number of anilines is 1. The van der Waals surface area contributed by atoms with Crippen LogP contribution in [0.3, 0.4) is 0 Å². The lowest BCUT2D eigenvalue weighted by Crippen LogP contribution is -2.20. The van der Waals surface area contributed by atoms with Crippen LogP contribution in [0.4, 0.5) is 18.9 Å². The molecule has 0 aliphatic heterocycles. The summed E-state index contributed by atoms with van der Waals surface area (Å²) in [6, 6.07) is 6.12. The van der Waals surface area contributed by atoms with Gasteiger partial charge in [0, 0.05) is 6.54 Å². The highest BCUT2D eigenvalue weighted by molar-refractivity contribution is 5.56. The zero-order chi connectivity index (χ0) is 13.7. The van der Waals surface area contributed by atoms with Gasteiger partial charge in [0.2, 0.25) is 0 Å². The molecule has 0 bridgehead atoms. The van der Waals surface area contributed by atoms with Crippen molar-refractivity contribution < 1.29 is 17.9 Å². The summed E-state index contributed by atoms with van der Waals surface area (Å²) >= 11 is 0. The molecule has 0 aromatic heterocycles. The number of alkyl halides is 3. The van der Waals surface area contributed by atoms with E-state index < -0.39 is 6.36 Å². The summed E-state index contributed by atoms with van der Waals surface area (Å²) < 4.78 is 40.8. The Morgan fingerprint density at radius 1 is 1.21 bits per heavy atom. The Bertz CT molecular complexity index is 443. The zero-order valence-corrected chi connectivity index (χ0v) is 10.4. The minimum absolute atomic E-state index is 0.179. The fraction of sp³-hybridized carbons (Fsp3) is 0.429. The van der Waals surface area contributed by atoms with Gasteiger partial charge in [-0.05, 0) is 37.3 Å². The Hall–Kier alpha value is -1.65. The molecule has 1 aliphatic rings. The van der Waals surface area contributed by atoms with E-state index in [4.69, 9.17) is 0 Å². The van der Waals surface area contributed by atoms with Gasteiger partial charge >= 0.3 is 6.36 Å². The van der Waals surface area contributed by atoms with E-state index in [-0.39, 0.29) is 5.75 Å². The third-order valence-electron chi connectivity index (χ3n) is 3.07. The molecular formula is C14H16F3NO. The average Bonchev–Trinajstić information content (AvgIpc) is 2.37. The molecule has 0 saturated heterocycles. The first-order valence-electron chi connectivity index (χ1n) is 6.28. The summed E-state index contributed by atoms with van der Waals surface area (Å²) in [6.45, 7) is 0.655. The number of ether oxygens (including phenoxy) is 1. The molecule has 1 unspecified atom stereocenters. The summed E-state index contributed by atoms with van der Waals surface area (Å²) in [7, 11) is 0. The van der Waals surface area contributed by atoms with E-state index in [1.807, 2.05) is 0 Å². The SMILES string of the molecule is FC(F)(F)Oc1ccccc1NCC1CC=CCC1. The highest BCUT2D eigenvalue weighted by atomic mass is 19.4. The number of rotatable bonds is 4. The van der Waals surface area contributed by atoms with Crippen LogP contribution in [0.5, 0.6) is 5.75 Å². The molecule has 1 aromatic rings. The van der Waals surface area contributed by atoms with E-state index in [1.54, 1.807) is 12.1 Å². The number of hydrogen-bond acceptors (Lipinski definition) is 2. The van der Waals surface area contributed by atoms with Crippen molar-refractivity contribution in [1.29, 1.82) is 0 Å². The van der Waals surface area contributed by atoms with Gasteiger partial charge in [0.15, 0.2) is 5.75 Å². The normalized spacial score (nSPS) is 19.2. The first-order valence-corrected chi connectivity index (χ1v) is 6.28. The molecule has 0 radical (unpaired) electrons. The third kappa shape index (κ3) is 4.50. The Kier molecular flexibility index (Phi) is 4.35. The fourth-order valence-electron chi connectivity index (χ4n) is 2.12. The second kappa shape index (κ2) is 5.99. The van der Waals surface area contributed by atoms with Crippen LogP contribution >= 0.6 is 0 Å². The fourth-order valence-corrected chi connectivity index (χ4v) is 2.12. The van der Waals surface area contributed by atoms with Crippen molar-refractivity contribution in [2.24, 2.45) is 5.92 Å². The van der Waals surface area contributed by atoms with Crippen molar-refractivity contribution in [3.63, 3.8) is 0 Å². The van der Waals surface area contributed by atoms with Crippen LogP contribution in [0.1, 0.15) is 19.3 Å². The molecule has 0 amide bonds. The number of nitrogens with one attached hydrogen (secondary N) is 1. The van der Waals surface area contributed by atoms with Gasteiger partial charge in [-0.25, -0.2) is 0 Å². The van der Waals surface area contributed by atoms with E-state index in [0.717, 1.165) is 19.3 Å². The Morgan fingerprint density at radius 3 is 2.68 bits per heavy atom. The van der Waals surface area contributed by atoms with E-state index in [9.17, 15) is 13.2 Å². The van der Waals surface area contributed by atoms with E-state index >= 15 is 0 Å². The number of hydrogen-bond donors (Lipinski definition) is 1. The summed E-state index contributed by atoms with van der Waals surface area (Å²) in [6.07, 6.45) is 2.66. The van der Waals surface area contributed by atoms with Gasteiger partial charge in [0.1, 0.15) is 0 Å². The molecule has 1 aromatic carbocycles. The van der Waals surface area contributed by atoms with Crippen LogP contribution in [-0.4, -0.2) is 12.9 Å². The molecule has 1 aliphatic carbocycles. The molecule has 1 atom stereocenters. The minimum Gasteiger partial charge on any atom is -0.404 e. The van der Waals surface area contributed by atoms with Gasteiger partial charge in [0.25, 0.3) is 0 Å².